The van der Waals surface area contributed by atoms with Crippen molar-refractivity contribution in [2.45, 2.75) is 0 Å². The van der Waals surface area contributed by atoms with Crippen molar-refractivity contribution in [3.63, 3.8) is 0 Å². The van der Waals surface area contributed by atoms with Crippen molar-refractivity contribution in [1.29, 1.82) is 0 Å². The first kappa shape index (κ1) is 18.5. The number of morpholine rings is 2. The fourth-order valence-corrected chi connectivity index (χ4v) is 4.02. The third-order valence-electron chi connectivity index (χ3n) is 6.48. The summed E-state index contributed by atoms with van der Waals surface area (Å²) in [6.45, 7) is 18.5. The van der Waals surface area contributed by atoms with Crippen molar-refractivity contribution >= 4 is 0 Å². The number of ether oxygens (including phenoxy) is 2. The summed E-state index contributed by atoms with van der Waals surface area (Å²) in [5.41, 5.74) is 0. The summed E-state index contributed by atoms with van der Waals surface area (Å²) in [5, 5.41) is 0. The minimum absolute atomic E-state index is 0.937. The molecule has 24 heavy (non-hydrogen) atoms. The first-order valence-electron chi connectivity index (χ1n) is 9.84. The summed E-state index contributed by atoms with van der Waals surface area (Å²) in [5.74, 6) is 0. The Morgan fingerprint density at radius 2 is 0.958 bits per heavy atom. The highest BCUT2D eigenvalue weighted by Crippen LogP contribution is 2.11. The Kier molecular flexibility index (Phi) is 6.51. The zero-order valence-electron chi connectivity index (χ0n) is 15.9. The Morgan fingerprint density at radius 1 is 0.625 bits per heavy atom. The third-order valence-corrected chi connectivity index (χ3v) is 6.48. The first-order chi connectivity index (χ1) is 11.6. The monoisotopic (exact) mass is 342 g/mol. The Bertz CT molecular complexity index is 337. The van der Waals surface area contributed by atoms with E-state index in [1.165, 1.54) is 87.5 Å². The fourth-order valence-electron chi connectivity index (χ4n) is 4.02. The number of quaternary nitrogens is 2. The van der Waals surface area contributed by atoms with Crippen LogP contribution < -0.4 is 0 Å². The minimum atomic E-state index is 0.937. The van der Waals surface area contributed by atoms with Crippen molar-refractivity contribution in [2.24, 2.45) is 0 Å². The fraction of sp³-hybridized carbons (Fsp3) is 1.00. The average Bonchev–Trinajstić information content (AvgIpc) is 2.61. The van der Waals surface area contributed by atoms with Gasteiger partial charge in [-0.1, -0.05) is 0 Å². The lowest BCUT2D eigenvalue weighted by Crippen LogP contribution is -2.58. The molecule has 3 aliphatic heterocycles. The number of rotatable bonds is 6. The predicted molar refractivity (Wildman–Crippen MR) is 96.1 cm³/mol. The second-order valence-corrected chi connectivity index (χ2v) is 8.49. The van der Waals surface area contributed by atoms with Gasteiger partial charge in [-0.3, -0.25) is 9.80 Å². The quantitative estimate of drug-likeness (QED) is 0.611. The highest BCUT2D eigenvalue weighted by atomic mass is 16.5. The van der Waals surface area contributed by atoms with Crippen LogP contribution in [0.4, 0.5) is 0 Å². The van der Waals surface area contributed by atoms with Gasteiger partial charge in [0.1, 0.15) is 26.2 Å². The van der Waals surface area contributed by atoms with Crippen LogP contribution >= 0.6 is 0 Å². The predicted octanol–water partition coefficient (Wildman–Crippen LogP) is -0.442. The molecule has 0 aliphatic carbocycles. The Hall–Kier alpha value is -0.240. The molecule has 0 aromatic carbocycles. The van der Waals surface area contributed by atoms with Gasteiger partial charge in [-0.2, -0.15) is 0 Å². The second kappa shape index (κ2) is 8.43. The molecule has 0 saturated carbocycles. The van der Waals surface area contributed by atoms with Gasteiger partial charge < -0.3 is 18.4 Å². The van der Waals surface area contributed by atoms with E-state index in [-0.39, 0.29) is 0 Å². The molecule has 140 valence electrons. The number of piperazine rings is 1. The van der Waals surface area contributed by atoms with E-state index in [2.05, 4.69) is 23.9 Å². The molecule has 0 aromatic rings. The summed E-state index contributed by atoms with van der Waals surface area (Å²) in [7, 11) is 4.79. The standard InChI is InChI=1S/C18H38N4O2/c1-21(11-15-23-16-12-21)9-7-19-3-5-20(6-4-19)8-10-22(2)13-17-24-18-14-22/h3-18H2,1-2H3/q+2. The Labute approximate surface area is 148 Å². The van der Waals surface area contributed by atoms with Crippen LogP contribution in [0.5, 0.6) is 0 Å². The number of hydrogen-bond donors (Lipinski definition) is 0. The normalized spacial score (nSPS) is 28.8. The van der Waals surface area contributed by atoms with Gasteiger partial charge in [-0.25, -0.2) is 0 Å². The van der Waals surface area contributed by atoms with Crippen LogP contribution in [0.1, 0.15) is 0 Å². The molecule has 3 rings (SSSR count). The molecule has 3 fully saturated rings. The van der Waals surface area contributed by atoms with Crippen molar-refractivity contribution in [3.8, 4) is 0 Å². The first-order valence-corrected chi connectivity index (χ1v) is 9.84. The maximum absolute atomic E-state index is 5.51. The van der Waals surface area contributed by atoms with Crippen LogP contribution in [0.15, 0.2) is 0 Å². The second-order valence-electron chi connectivity index (χ2n) is 8.49. The Morgan fingerprint density at radius 3 is 1.29 bits per heavy atom. The summed E-state index contributed by atoms with van der Waals surface area (Å²) >= 11 is 0. The molecule has 0 bridgehead atoms. The van der Waals surface area contributed by atoms with Gasteiger partial charge in [-0.05, 0) is 0 Å². The molecular formula is C18H38N4O2+2. The van der Waals surface area contributed by atoms with Gasteiger partial charge in [-0.15, -0.1) is 0 Å². The summed E-state index contributed by atoms with van der Waals surface area (Å²) in [6, 6.07) is 0. The van der Waals surface area contributed by atoms with Crippen LogP contribution in [0.3, 0.4) is 0 Å². The molecule has 0 spiro atoms. The Balaban J connectivity index is 1.32. The van der Waals surface area contributed by atoms with E-state index in [1.807, 2.05) is 0 Å². The molecule has 0 unspecified atom stereocenters. The van der Waals surface area contributed by atoms with Gasteiger partial charge in [0.2, 0.25) is 0 Å². The van der Waals surface area contributed by atoms with Crippen molar-refractivity contribution in [1.82, 2.24) is 9.80 Å². The van der Waals surface area contributed by atoms with Gasteiger partial charge in [0.15, 0.2) is 0 Å². The van der Waals surface area contributed by atoms with Crippen molar-refractivity contribution in [3.05, 3.63) is 0 Å². The van der Waals surface area contributed by atoms with E-state index in [1.54, 1.807) is 0 Å². The maximum Gasteiger partial charge on any atom is 0.102 e. The van der Waals surface area contributed by atoms with Crippen LogP contribution in [-0.2, 0) is 9.47 Å². The van der Waals surface area contributed by atoms with Gasteiger partial charge >= 0.3 is 0 Å². The van der Waals surface area contributed by atoms with Gasteiger partial charge in [0.25, 0.3) is 0 Å². The summed E-state index contributed by atoms with van der Waals surface area (Å²) in [6.07, 6.45) is 0. The van der Waals surface area contributed by atoms with E-state index >= 15 is 0 Å². The molecule has 3 saturated heterocycles. The molecule has 3 aliphatic rings. The summed E-state index contributed by atoms with van der Waals surface area (Å²) < 4.78 is 13.4. The zero-order valence-corrected chi connectivity index (χ0v) is 15.9. The van der Waals surface area contributed by atoms with Crippen LogP contribution in [0.2, 0.25) is 0 Å². The maximum atomic E-state index is 5.51. The smallest absolute Gasteiger partial charge is 0.102 e. The van der Waals surface area contributed by atoms with Crippen LogP contribution in [-0.4, -0.2) is 138 Å². The number of nitrogens with zero attached hydrogens (tertiary/aromatic N) is 4. The average molecular weight is 343 g/mol. The molecule has 0 N–H and O–H groups in total. The topological polar surface area (TPSA) is 24.9 Å². The van der Waals surface area contributed by atoms with Crippen LogP contribution in [0, 0.1) is 0 Å². The van der Waals surface area contributed by atoms with E-state index < -0.39 is 0 Å². The molecule has 0 atom stereocenters. The molecular weight excluding hydrogens is 304 g/mol. The third kappa shape index (κ3) is 5.38. The van der Waals surface area contributed by atoms with E-state index in [9.17, 15) is 0 Å². The van der Waals surface area contributed by atoms with Gasteiger partial charge in [0, 0.05) is 39.3 Å². The highest BCUT2D eigenvalue weighted by Gasteiger charge is 2.28. The van der Waals surface area contributed by atoms with E-state index in [0.29, 0.717) is 0 Å². The molecule has 0 aromatic heterocycles. The summed E-state index contributed by atoms with van der Waals surface area (Å²) in [4.78, 5) is 5.33. The minimum Gasteiger partial charge on any atom is -0.370 e. The van der Waals surface area contributed by atoms with Crippen molar-refractivity contribution < 1.29 is 18.4 Å². The highest BCUT2D eigenvalue weighted by molar-refractivity contribution is 4.72. The van der Waals surface area contributed by atoms with E-state index in [4.69, 9.17) is 9.47 Å². The van der Waals surface area contributed by atoms with Crippen LogP contribution in [0.25, 0.3) is 0 Å². The lowest BCUT2D eigenvalue weighted by Gasteiger charge is -2.42. The van der Waals surface area contributed by atoms with Gasteiger partial charge in [0.05, 0.1) is 53.6 Å². The molecule has 0 radical (unpaired) electrons. The lowest BCUT2D eigenvalue weighted by atomic mass is 10.2. The van der Waals surface area contributed by atoms with Crippen molar-refractivity contribution in [2.75, 3.05) is 119 Å². The van der Waals surface area contributed by atoms with E-state index in [0.717, 1.165) is 26.4 Å². The SMILES string of the molecule is C[N+]1(CCN2CCN(CC[N+]3(C)CCOCC3)CC2)CCOCC1. The number of likely N-dealkylation sites (N-methyl/N-ethyl adjacent to an activating group) is 2. The molecule has 3 heterocycles. The molecule has 0 amide bonds. The molecule has 6 nitrogen and oxygen atoms in total. The largest absolute Gasteiger partial charge is 0.370 e. The lowest BCUT2D eigenvalue weighted by molar-refractivity contribution is -0.916. The molecule has 6 heteroatoms. The zero-order chi connectivity index (χ0) is 16.9. The number of hydrogen-bond acceptors (Lipinski definition) is 4.